The molecule has 1 aliphatic rings. The van der Waals surface area contributed by atoms with E-state index in [-0.39, 0.29) is 12.4 Å². The first-order valence-corrected chi connectivity index (χ1v) is 7.43. The molecule has 4 rings (SSSR count). The minimum atomic E-state index is -0.841. The summed E-state index contributed by atoms with van der Waals surface area (Å²) in [7, 11) is 0. The Morgan fingerprint density at radius 3 is 2.78 bits per heavy atom. The second-order valence-electron chi connectivity index (χ2n) is 5.57. The first kappa shape index (κ1) is 13.8. The molecule has 1 atom stereocenters. The molecule has 0 saturated carbocycles. The fraction of sp³-hybridized carbons (Fsp3) is 0.222. The van der Waals surface area contributed by atoms with Gasteiger partial charge in [-0.15, -0.1) is 0 Å². The van der Waals surface area contributed by atoms with Crippen LogP contribution in [0.3, 0.4) is 0 Å². The van der Waals surface area contributed by atoms with Crippen LogP contribution in [0.1, 0.15) is 22.5 Å². The van der Waals surface area contributed by atoms with E-state index < -0.39 is 18.0 Å². The maximum absolute atomic E-state index is 12.3. The molecule has 0 bridgehead atoms. The van der Waals surface area contributed by atoms with E-state index in [2.05, 4.69) is 0 Å². The summed E-state index contributed by atoms with van der Waals surface area (Å²) >= 11 is 0. The Morgan fingerprint density at radius 1 is 1.17 bits per heavy atom. The fourth-order valence-corrected chi connectivity index (χ4v) is 2.91. The number of benzene rings is 2. The molecule has 0 amide bonds. The van der Waals surface area contributed by atoms with Crippen LogP contribution in [0.25, 0.3) is 21.7 Å². The zero-order chi connectivity index (χ0) is 16.0. The van der Waals surface area contributed by atoms with Gasteiger partial charge in [-0.3, -0.25) is 0 Å². The summed E-state index contributed by atoms with van der Waals surface area (Å²) in [4.78, 5) is 23.8. The van der Waals surface area contributed by atoms with Crippen LogP contribution in [0.15, 0.2) is 40.8 Å². The molecule has 1 aromatic heterocycles. The Hall–Kier alpha value is -2.82. The summed E-state index contributed by atoms with van der Waals surface area (Å²) in [6, 6.07) is 11.7. The molecule has 116 valence electrons. The van der Waals surface area contributed by atoms with Crippen molar-refractivity contribution < 1.29 is 23.5 Å². The van der Waals surface area contributed by atoms with E-state index in [1.54, 1.807) is 0 Å². The van der Waals surface area contributed by atoms with Gasteiger partial charge in [0.2, 0.25) is 11.9 Å². The summed E-state index contributed by atoms with van der Waals surface area (Å²) in [5.74, 6) is -1.000. The van der Waals surface area contributed by atoms with Crippen molar-refractivity contribution in [3.8, 4) is 0 Å². The quantitative estimate of drug-likeness (QED) is 0.679. The smallest absolute Gasteiger partial charge is 0.375 e. The molecule has 5 nitrogen and oxygen atoms in total. The Kier molecular flexibility index (Phi) is 3.08. The molecular formula is C18H14O5. The van der Waals surface area contributed by atoms with Crippen LogP contribution in [-0.4, -0.2) is 24.6 Å². The van der Waals surface area contributed by atoms with Gasteiger partial charge >= 0.3 is 11.9 Å². The van der Waals surface area contributed by atoms with Gasteiger partial charge in [0.25, 0.3) is 0 Å². The van der Waals surface area contributed by atoms with E-state index in [4.69, 9.17) is 13.9 Å². The van der Waals surface area contributed by atoms with Crippen molar-refractivity contribution in [1.82, 2.24) is 0 Å². The lowest BCUT2D eigenvalue weighted by Gasteiger charge is -2.06. The van der Waals surface area contributed by atoms with Crippen molar-refractivity contribution >= 4 is 33.7 Å². The van der Waals surface area contributed by atoms with E-state index in [0.717, 1.165) is 16.2 Å². The number of rotatable bonds is 2. The average Bonchev–Trinajstić information content (AvgIpc) is 3.11. The minimum absolute atomic E-state index is 0.135. The Morgan fingerprint density at radius 2 is 2.00 bits per heavy atom. The fourth-order valence-electron chi connectivity index (χ4n) is 2.91. The Balaban J connectivity index is 1.78. The molecule has 3 aromatic rings. The largest absolute Gasteiger partial charge is 0.463 e. The van der Waals surface area contributed by atoms with Gasteiger partial charge in [-0.05, 0) is 12.3 Å². The monoisotopic (exact) mass is 310 g/mol. The third-order valence-electron chi connectivity index (χ3n) is 4.15. The summed E-state index contributed by atoms with van der Waals surface area (Å²) in [5.41, 5.74) is 1.36. The highest BCUT2D eigenvalue weighted by atomic mass is 16.6. The van der Waals surface area contributed by atoms with Crippen molar-refractivity contribution in [3.63, 3.8) is 0 Å². The summed E-state index contributed by atoms with van der Waals surface area (Å²) < 4.78 is 15.8. The lowest BCUT2D eigenvalue weighted by atomic mass is 10.1. The molecule has 5 heteroatoms. The summed E-state index contributed by atoms with van der Waals surface area (Å²) in [6.45, 7) is 2.09. The zero-order valence-electron chi connectivity index (χ0n) is 12.5. The highest BCUT2D eigenvalue weighted by molar-refractivity contribution is 6.08. The van der Waals surface area contributed by atoms with Crippen LogP contribution in [0, 0.1) is 6.92 Å². The predicted octanol–water partition coefficient (Wildman–Crippen LogP) is 3.37. The minimum Gasteiger partial charge on any atom is -0.463 e. The van der Waals surface area contributed by atoms with E-state index in [1.165, 1.54) is 0 Å². The molecule has 2 heterocycles. The molecular weight excluding hydrogens is 296 g/mol. The number of carbonyl (C=O) groups excluding carboxylic acids is 2. The standard InChI is InChI=1S/C18H14O5/c1-10-12-7-6-11-4-2-3-5-13(11)16(12)23-15(10)18(20)22-14-8-9-21-17(14)19/h2-7,14H,8-9H2,1H3. The van der Waals surface area contributed by atoms with Crippen molar-refractivity contribution in [2.45, 2.75) is 19.4 Å². The Bertz CT molecular complexity index is 937. The summed E-state index contributed by atoms with van der Waals surface area (Å²) in [5, 5.41) is 2.84. The number of hydrogen-bond acceptors (Lipinski definition) is 5. The third kappa shape index (κ3) is 2.16. The van der Waals surface area contributed by atoms with Crippen molar-refractivity contribution in [1.29, 1.82) is 0 Å². The molecule has 2 aromatic carbocycles. The number of carbonyl (C=O) groups is 2. The number of fused-ring (bicyclic) bond motifs is 3. The predicted molar refractivity (Wildman–Crippen MR) is 83.2 cm³/mol. The number of hydrogen-bond donors (Lipinski definition) is 0. The first-order chi connectivity index (χ1) is 11.1. The van der Waals surface area contributed by atoms with Crippen LogP contribution in [0.2, 0.25) is 0 Å². The van der Waals surface area contributed by atoms with Gasteiger partial charge in [0.05, 0.1) is 6.61 Å². The number of cyclic esters (lactones) is 1. The second kappa shape index (κ2) is 5.12. The zero-order valence-corrected chi connectivity index (χ0v) is 12.5. The van der Waals surface area contributed by atoms with Crippen molar-refractivity contribution in [2.75, 3.05) is 6.61 Å². The van der Waals surface area contributed by atoms with Crippen molar-refractivity contribution in [3.05, 3.63) is 47.7 Å². The second-order valence-corrected chi connectivity index (χ2v) is 5.57. The lowest BCUT2D eigenvalue weighted by molar-refractivity contribution is -0.145. The lowest BCUT2D eigenvalue weighted by Crippen LogP contribution is -2.22. The number of aryl methyl sites for hydroxylation is 1. The van der Waals surface area contributed by atoms with Gasteiger partial charge in [-0.2, -0.15) is 0 Å². The van der Waals surface area contributed by atoms with Crippen LogP contribution >= 0.6 is 0 Å². The highest BCUT2D eigenvalue weighted by Gasteiger charge is 2.32. The number of furan rings is 1. The third-order valence-corrected chi connectivity index (χ3v) is 4.15. The molecule has 0 N–H and O–H groups in total. The van der Waals surface area contributed by atoms with E-state index >= 15 is 0 Å². The normalized spacial score (nSPS) is 17.6. The van der Waals surface area contributed by atoms with Gasteiger partial charge in [-0.1, -0.05) is 36.4 Å². The maximum atomic E-state index is 12.3. The van der Waals surface area contributed by atoms with E-state index in [0.29, 0.717) is 17.6 Å². The van der Waals surface area contributed by atoms with Gasteiger partial charge in [0.1, 0.15) is 5.58 Å². The average molecular weight is 310 g/mol. The number of esters is 2. The first-order valence-electron chi connectivity index (χ1n) is 7.43. The van der Waals surface area contributed by atoms with Crippen LogP contribution < -0.4 is 0 Å². The van der Waals surface area contributed by atoms with Crippen LogP contribution in [0.5, 0.6) is 0 Å². The SMILES string of the molecule is Cc1c(C(=O)OC2CCOC2=O)oc2c1ccc1ccccc12. The summed E-state index contributed by atoms with van der Waals surface area (Å²) in [6.07, 6.45) is -0.459. The Labute approximate surface area is 131 Å². The van der Waals surface area contributed by atoms with E-state index in [1.807, 2.05) is 43.3 Å². The van der Waals surface area contributed by atoms with Gasteiger partial charge in [-0.25, -0.2) is 9.59 Å². The topological polar surface area (TPSA) is 65.7 Å². The van der Waals surface area contributed by atoms with Crippen LogP contribution in [0.4, 0.5) is 0 Å². The molecule has 23 heavy (non-hydrogen) atoms. The molecule has 1 aliphatic heterocycles. The van der Waals surface area contributed by atoms with Crippen molar-refractivity contribution in [2.24, 2.45) is 0 Å². The highest BCUT2D eigenvalue weighted by Crippen LogP contribution is 2.32. The molecule has 1 saturated heterocycles. The molecule has 1 unspecified atom stereocenters. The van der Waals surface area contributed by atoms with Crippen LogP contribution in [-0.2, 0) is 14.3 Å². The van der Waals surface area contributed by atoms with E-state index in [9.17, 15) is 9.59 Å². The molecule has 0 aliphatic carbocycles. The molecule has 0 radical (unpaired) electrons. The molecule has 0 spiro atoms. The van der Waals surface area contributed by atoms with Gasteiger partial charge in [0, 0.05) is 22.8 Å². The van der Waals surface area contributed by atoms with Gasteiger partial charge in [0.15, 0.2) is 0 Å². The maximum Gasteiger partial charge on any atom is 0.375 e. The molecule has 1 fully saturated rings. The number of ether oxygens (including phenoxy) is 2. The van der Waals surface area contributed by atoms with Gasteiger partial charge < -0.3 is 13.9 Å².